The molecule has 0 aliphatic carbocycles. The van der Waals surface area contributed by atoms with Crippen molar-refractivity contribution < 1.29 is 0 Å². The Bertz CT molecular complexity index is 388. The molecule has 0 radical (unpaired) electrons. The molecule has 1 fully saturated rings. The number of nitrogens with one attached hydrogen (secondary N) is 1. The number of anilines is 1. The normalized spacial score (nSPS) is 21.6. The Kier molecular flexibility index (Phi) is 5.86. The van der Waals surface area contributed by atoms with Gasteiger partial charge in [-0.3, -0.25) is 4.90 Å². The van der Waals surface area contributed by atoms with Gasteiger partial charge < -0.3 is 10.2 Å². The summed E-state index contributed by atoms with van der Waals surface area (Å²) in [7, 11) is 2.25. The van der Waals surface area contributed by atoms with E-state index in [1.54, 1.807) is 0 Å². The van der Waals surface area contributed by atoms with E-state index in [0.29, 0.717) is 6.04 Å². The zero-order chi connectivity index (χ0) is 14.4. The molecule has 0 spiro atoms. The van der Waals surface area contributed by atoms with Crippen molar-refractivity contribution in [2.75, 3.05) is 45.1 Å². The van der Waals surface area contributed by atoms with Gasteiger partial charge in [0.05, 0.1) is 0 Å². The minimum Gasteiger partial charge on any atom is -0.384 e. The van der Waals surface area contributed by atoms with Gasteiger partial charge in [0.15, 0.2) is 0 Å². The van der Waals surface area contributed by atoms with Crippen LogP contribution in [0.2, 0.25) is 0 Å². The summed E-state index contributed by atoms with van der Waals surface area (Å²) in [4.78, 5) is 5.13. The molecular weight excluding hydrogens is 246 g/mol. The highest BCUT2D eigenvalue weighted by atomic mass is 15.2. The van der Waals surface area contributed by atoms with E-state index in [0.717, 1.165) is 13.1 Å². The molecule has 1 unspecified atom stereocenters. The summed E-state index contributed by atoms with van der Waals surface area (Å²) < 4.78 is 0. The monoisotopic (exact) mass is 275 g/mol. The van der Waals surface area contributed by atoms with Crippen LogP contribution in [0.5, 0.6) is 0 Å². The van der Waals surface area contributed by atoms with Crippen LogP contribution in [-0.2, 0) is 0 Å². The van der Waals surface area contributed by atoms with Crippen LogP contribution in [0.4, 0.5) is 5.69 Å². The quantitative estimate of drug-likeness (QED) is 0.891. The Morgan fingerprint density at radius 2 is 1.95 bits per heavy atom. The van der Waals surface area contributed by atoms with Gasteiger partial charge in [-0.25, -0.2) is 0 Å². The summed E-state index contributed by atoms with van der Waals surface area (Å²) in [5.74, 6) is 0. The lowest BCUT2D eigenvalue weighted by atomic mass is 10.2. The highest BCUT2D eigenvalue weighted by Crippen LogP contribution is 2.12. The Hall–Kier alpha value is -1.06. The van der Waals surface area contributed by atoms with Crippen molar-refractivity contribution in [1.29, 1.82) is 0 Å². The third-order valence-corrected chi connectivity index (χ3v) is 4.27. The lowest BCUT2D eigenvalue weighted by Gasteiger charge is -2.30. The van der Waals surface area contributed by atoms with Crippen LogP contribution < -0.4 is 5.32 Å². The van der Waals surface area contributed by atoms with Crippen LogP contribution in [0.3, 0.4) is 0 Å². The number of hydrogen-bond acceptors (Lipinski definition) is 3. The fraction of sp³-hybridized carbons (Fsp3) is 0.647. The van der Waals surface area contributed by atoms with E-state index in [9.17, 15) is 0 Å². The predicted octanol–water partition coefficient (Wildman–Crippen LogP) is 2.82. The molecule has 0 aromatic heterocycles. The molecule has 2 rings (SSSR count). The Labute approximate surface area is 124 Å². The van der Waals surface area contributed by atoms with Crippen molar-refractivity contribution in [3.8, 4) is 0 Å². The molecule has 1 aromatic rings. The van der Waals surface area contributed by atoms with Gasteiger partial charge in [-0.2, -0.15) is 0 Å². The molecule has 1 heterocycles. The lowest BCUT2D eigenvalue weighted by Crippen LogP contribution is -2.41. The first-order valence-electron chi connectivity index (χ1n) is 7.92. The van der Waals surface area contributed by atoms with Crippen molar-refractivity contribution >= 4 is 5.69 Å². The maximum Gasteiger partial charge on any atom is 0.0340 e. The second-order valence-electron chi connectivity index (χ2n) is 6.01. The fourth-order valence-electron chi connectivity index (χ4n) is 2.99. The van der Waals surface area contributed by atoms with Gasteiger partial charge in [-0.05, 0) is 52.0 Å². The second-order valence-corrected chi connectivity index (χ2v) is 6.01. The Morgan fingerprint density at radius 1 is 1.20 bits per heavy atom. The average molecular weight is 275 g/mol. The Balaban J connectivity index is 1.80. The average Bonchev–Trinajstić information content (AvgIpc) is 2.62. The van der Waals surface area contributed by atoms with Gasteiger partial charge in [0.1, 0.15) is 0 Å². The predicted molar refractivity (Wildman–Crippen MR) is 87.4 cm³/mol. The fourth-order valence-corrected chi connectivity index (χ4v) is 2.99. The number of aryl methyl sites for hydroxylation is 1. The highest BCUT2D eigenvalue weighted by molar-refractivity contribution is 5.44. The number of nitrogens with zero attached hydrogens (tertiary/aromatic N) is 2. The van der Waals surface area contributed by atoms with Gasteiger partial charge in [-0.1, -0.05) is 24.6 Å². The SMILES string of the molecule is CCC1CN(C)CCCN1CCNc1ccc(C)cc1. The van der Waals surface area contributed by atoms with Crippen molar-refractivity contribution in [2.24, 2.45) is 0 Å². The first-order chi connectivity index (χ1) is 9.69. The van der Waals surface area contributed by atoms with Crippen molar-refractivity contribution in [1.82, 2.24) is 9.80 Å². The molecule has 20 heavy (non-hydrogen) atoms. The van der Waals surface area contributed by atoms with Crippen LogP contribution in [-0.4, -0.2) is 55.6 Å². The first kappa shape index (κ1) is 15.3. The largest absolute Gasteiger partial charge is 0.384 e. The van der Waals surface area contributed by atoms with Crippen molar-refractivity contribution in [3.05, 3.63) is 29.8 Å². The molecule has 1 N–H and O–H groups in total. The van der Waals surface area contributed by atoms with E-state index in [1.165, 1.54) is 43.7 Å². The first-order valence-corrected chi connectivity index (χ1v) is 7.92. The smallest absolute Gasteiger partial charge is 0.0340 e. The van der Waals surface area contributed by atoms with E-state index in [1.807, 2.05) is 0 Å². The van der Waals surface area contributed by atoms with Crippen LogP contribution >= 0.6 is 0 Å². The lowest BCUT2D eigenvalue weighted by molar-refractivity contribution is 0.190. The summed E-state index contributed by atoms with van der Waals surface area (Å²) >= 11 is 0. The van der Waals surface area contributed by atoms with Crippen LogP contribution in [0.15, 0.2) is 24.3 Å². The summed E-state index contributed by atoms with van der Waals surface area (Å²) in [6, 6.07) is 9.38. The van der Waals surface area contributed by atoms with Gasteiger partial charge in [0.2, 0.25) is 0 Å². The van der Waals surface area contributed by atoms with Gasteiger partial charge in [0.25, 0.3) is 0 Å². The zero-order valence-corrected chi connectivity index (χ0v) is 13.2. The molecule has 1 atom stereocenters. The van der Waals surface area contributed by atoms with Crippen molar-refractivity contribution in [2.45, 2.75) is 32.7 Å². The summed E-state index contributed by atoms with van der Waals surface area (Å²) in [6.45, 7) is 10.3. The molecule has 1 aromatic carbocycles. The highest BCUT2D eigenvalue weighted by Gasteiger charge is 2.21. The van der Waals surface area contributed by atoms with Gasteiger partial charge >= 0.3 is 0 Å². The Morgan fingerprint density at radius 3 is 2.65 bits per heavy atom. The van der Waals surface area contributed by atoms with E-state index < -0.39 is 0 Å². The minimum atomic E-state index is 0.710. The van der Waals surface area contributed by atoms with Gasteiger partial charge in [-0.15, -0.1) is 0 Å². The van der Waals surface area contributed by atoms with E-state index in [4.69, 9.17) is 0 Å². The minimum absolute atomic E-state index is 0.710. The molecule has 3 heteroatoms. The topological polar surface area (TPSA) is 18.5 Å². The third kappa shape index (κ3) is 4.50. The molecule has 0 saturated carbocycles. The van der Waals surface area contributed by atoms with Crippen molar-refractivity contribution in [3.63, 3.8) is 0 Å². The van der Waals surface area contributed by atoms with E-state index in [2.05, 4.69) is 60.3 Å². The standard InChI is InChI=1S/C17H29N3/c1-4-17-14-19(3)11-5-12-20(17)13-10-18-16-8-6-15(2)7-9-16/h6-9,17-18H,4-5,10-14H2,1-3H3. The van der Waals surface area contributed by atoms with Gasteiger partial charge in [0, 0.05) is 31.4 Å². The molecule has 1 saturated heterocycles. The molecule has 1 aliphatic rings. The molecule has 1 aliphatic heterocycles. The van der Waals surface area contributed by atoms with Crippen LogP contribution in [0.1, 0.15) is 25.3 Å². The number of rotatable bonds is 5. The molecule has 0 amide bonds. The molecule has 3 nitrogen and oxygen atoms in total. The van der Waals surface area contributed by atoms with E-state index in [-0.39, 0.29) is 0 Å². The maximum atomic E-state index is 3.54. The number of likely N-dealkylation sites (N-methyl/N-ethyl adjacent to an activating group) is 1. The molecule has 0 bridgehead atoms. The number of benzene rings is 1. The van der Waals surface area contributed by atoms with Crippen LogP contribution in [0, 0.1) is 6.92 Å². The number of hydrogen-bond donors (Lipinski definition) is 1. The molecular formula is C17H29N3. The summed E-state index contributed by atoms with van der Waals surface area (Å²) in [5.41, 5.74) is 2.55. The second kappa shape index (κ2) is 7.65. The third-order valence-electron chi connectivity index (χ3n) is 4.27. The summed E-state index contributed by atoms with van der Waals surface area (Å²) in [5, 5.41) is 3.54. The zero-order valence-electron chi connectivity index (χ0n) is 13.2. The summed E-state index contributed by atoms with van der Waals surface area (Å²) in [6.07, 6.45) is 2.53. The molecule has 112 valence electrons. The van der Waals surface area contributed by atoms with Crippen LogP contribution in [0.25, 0.3) is 0 Å². The van der Waals surface area contributed by atoms with E-state index >= 15 is 0 Å². The maximum absolute atomic E-state index is 3.54.